The van der Waals surface area contributed by atoms with E-state index in [1.165, 1.54) is 12.1 Å². The molecule has 0 atom stereocenters. The highest BCUT2D eigenvalue weighted by Gasteiger charge is 2.05. The zero-order chi connectivity index (χ0) is 14.5. The van der Waals surface area contributed by atoms with E-state index in [-0.39, 0.29) is 12.2 Å². The van der Waals surface area contributed by atoms with Gasteiger partial charge in [-0.1, -0.05) is 35.9 Å². The Labute approximate surface area is 121 Å². The lowest BCUT2D eigenvalue weighted by Crippen LogP contribution is -1.95. The van der Waals surface area contributed by atoms with Crippen LogP contribution < -0.4 is 0 Å². The van der Waals surface area contributed by atoms with Crippen molar-refractivity contribution in [2.24, 2.45) is 0 Å². The van der Waals surface area contributed by atoms with Crippen LogP contribution in [0.15, 0.2) is 42.5 Å². The van der Waals surface area contributed by atoms with Gasteiger partial charge in [0.25, 0.3) is 0 Å². The molecular weight excluding hydrogens is 279 g/mol. The lowest BCUT2D eigenvalue weighted by atomic mass is 10.0. The molecule has 2 aromatic rings. The van der Waals surface area contributed by atoms with Crippen LogP contribution in [-0.4, -0.2) is 11.1 Å². The van der Waals surface area contributed by atoms with Crippen molar-refractivity contribution in [3.8, 4) is 11.1 Å². The summed E-state index contributed by atoms with van der Waals surface area (Å²) in [6.45, 7) is 0. The Morgan fingerprint density at radius 1 is 1.15 bits per heavy atom. The van der Waals surface area contributed by atoms with Crippen molar-refractivity contribution in [3.05, 3.63) is 58.9 Å². The van der Waals surface area contributed by atoms with E-state index < -0.39 is 5.97 Å². The van der Waals surface area contributed by atoms with E-state index in [0.29, 0.717) is 11.4 Å². The summed E-state index contributed by atoms with van der Waals surface area (Å²) < 4.78 is 13.0. The standard InChI is InChI=1S/C16H14ClFO2/c17-15-10-13(18)8-9-14(15)12-6-4-11(5-7-12)2-1-3-16(19)20/h4-10H,1-3H2,(H,19,20). The van der Waals surface area contributed by atoms with Gasteiger partial charge in [-0.25, -0.2) is 4.39 Å². The first-order valence-electron chi connectivity index (χ1n) is 6.32. The summed E-state index contributed by atoms with van der Waals surface area (Å²) in [5, 5.41) is 8.97. The van der Waals surface area contributed by atoms with Crippen molar-refractivity contribution in [2.75, 3.05) is 0 Å². The van der Waals surface area contributed by atoms with Crippen LogP contribution in [0.5, 0.6) is 0 Å². The van der Waals surface area contributed by atoms with Crippen molar-refractivity contribution < 1.29 is 14.3 Å². The van der Waals surface area contributed by atoms with Gasteiger partial charge in [0, 0.05) is 12.0 Å². The Morgan fingerprint density at radius 2 is 1.85 bits per heavy atom. The topological polar surface area (TPSA) is 37.3 Å². The van der Waals surface area contributed by atoms with Crippen LogP contribution in [0.4, 0.5) is 4.39 Å². The van der Waals surface area contributed by atoms with Crippen molar-refractivity contribution >= 4 is 17.6 Å². The van der Waals surface area contributed by atoms with Crippen molar-refractivity contribution in [3.63, 3.8) is 0 Å². The molecule has 0 fully saturated rings. The minimum atomic E-state index is -0.778. The average molecular weight is 293 g/mol. The summed E-state index contributed by atoms with van der Waals surface area (Å²) in [6, 6.07) is 12.0. The summed E-state index contributed by atoms with van der Waals surface area (Å²) in [6.07, 6.45) is 1.52. The second kappa shape index (κ2) is 6.53. The predicted molar refractivity (Wildman–Crippen MR) is 77.4 cm³/mol. The lowest BCUT2D eigenvalue weighted by molar-refractivity contribution is -0.137. The van der Waals surface area contributed by atoms with Gasteiger partial charge in [-0.15, -0.1) is 0 Å². The molecule has 0 unspecified atom stereocenters. The normalized spacial score (nSPS) is 10.5. The van der Waals surface area contributed by atoms with Crippen LogP contribution >= 0.6 is 11.6 Å². The molecule has 1 N–H and O–H groups in total. The number of rotatable bonds is 5. The van der Waals surface area contributed by atoms with Gasteiger partial charge in [0.15, 0.2) is 0 Å². The van der Waals surface area contributed by atoms with E-state index in [1.807, 2.05) is 24.3 Å². The number of carboxylic acids is 1. The molecule has 0 spiro atoms. The Hall–Kier alpha value is -1.87. The van der Waals surface area contributed by atoms with E-state index in [1.54, 1.807) is 6.07 Å². The maximum absolute atomic E-state index is 13.0. The number of carboxylic acid groups (broad SMARTS) is 1. The summed E-state index contributed by atoms with van der Waals surface area (Å²) >= 11 is 6.02. The number of halogens is 2. The highest BCUT2D eigenvalue weighted by Crippen LogP contribution is 2.28. The van der Waals surface area contributed by atoms with E-state index in [4.69, 9.17) is 16.7 Å². The predicted octanol–water partition coefficient (Wildman–Crippen LogP) is 4.55. The molecule has 0 aliphatic rings. The molecule has 2 aromatic carbocycles. The van der Waals surface area contributed by atoms with Crippen LogP contribution in [-0.2, 0) is 11.2 Å². The Balaban J connectivity index is 2.09. The molecule has 0 amide bonds. The summed E-state index contributed by atoms with van der Waals surface area (Å²) in [5.41, 5.74) is 2.77. The SMILES string of the molecule is O=C(O)CCCc1ccc(-c2ccc(F)cc2Cl)cc1. The molecule has 0 bridgehead atoms. The van der Waals surface area contributed by atoms with E-state index in [9.17, 15) is 9.18 Å². The molecule has 0 aliphatic carbocycles. The van der Waals surface area contributed by atoms with Gasteiger partial charge in [-0.2, -0.15) is 0 Å². The largest absolute Gasteiger partial charge is 0.481 e. The monoisotopic (exact) mass is 292 g/mol. The minimum Gasteiger partial charge on any atom is -0.481 e. The summed E-state index contributed by atoms with van der Waals surface area (Å²) in [7, 11) is 0. The number of benzene rings is 2. The first kappa shape index (κ1) is 14.5. The van der Waals surface area contributed by atoms with Crippen LogP contribution in [0.3, 0.4) is 0 Å². The average Bonchev–Trinajstić information content (AvgIpc) is 2.39. The molecular formula is C16H14ClFO2. The molecule has 0 saturated carbocycles. The Kier molecular flexibility index (Phi) is 4.74. The second-order valence-corrected chi connectivity index (χ2v) is 4.98. The van der Waals surface area contributed by atoms with E-state index in [0.717, 1.165) is 23.1 Å². The fourth-order valence-electron chi connectivity index (χ4n) is 2.02. The lowest BCUT2D eigenvalue weighted by Gasteiger charge is -2.06. The highest BCUT2D eigenvalue weighted by atomic mass is 35.5. The number of aliphatic carboxylic acids is 1. The number of hydrogen-bond donors (Lipinski definition) is 1. The smallest absolute Gasteiger partial charge is 0.303 e. The zero-order valence-corrected chi connectivity index (χ0v) is 11.5. The van der Waals surface area contributed by atoms with Crippen LogP contribution in [0.25, 0.3) is 11.1 Å². The van der Waals surface area contributed by atoms with Crippen molar-refractivity contribution in [1.82, 2.24) is 0 Å². The molecule has 0 saturated heterocycles. The molecule has 0 aliphatic heterocycles. The maximum atomic E-state index is 13.0. The van der Waals surface area contributed by atoms with Gasteiger partial charge in [0.1, 0.15) is 5.82 Å². The quantitative estimate of drug-likeness (QED) is 0.877. The molecule has 20 heavy (non-hydrogen) atoms. The number of hydrogen-bond acceptors (Lipinski definition) is 1. The van der Waals surface area contributed by atoms with Gasteiger partial charge >= 0.3 is 5.97 Å². The Morgan fingerprint density at radius 3 is 2.45 bits per heavy atom. The fraction of sp³-hybridized carbons (Fsp3) is 0.188. The van der Waals surface area contributed by atoms with Crippen LogP contribution in [0.1, 0.15) is 18.4 Å². The third-order valence-electron chi connectivity index (χ3n) is 3.05. The minimum absolute atomic E-state index is 0.172. The highest BCUT2D eigenvalue weighted by molar-refractivity contribution is 6.33. The van der Waals surface area contributed by atoms with Crippen LogP contribution in [0, 0.1) is 5.82 Å². The first-order chi connectivity index (χ1) is 9.56. The fourth-order valence-corrected chi connectivity index (χ4v) is 2.29. The molecule has 0 heterocycles. The number of carbonyl (C=O) groups is 1. The van der Waals surface area contributed by atoms with E-state index >= 15 is 0 Å². The van der Waals surface area contributed by atoms with Crippen molar-refractivity contribution in [1.29, 1.82) is 0 Å². The molecule has 4 heteroatoms. The summed E-state index contributed by atoms with van der Waals surface area (Å²) in [5.74, 6) is -1.14. The molecule has 2 rings (SSSR count). The van der Waals surface area contributed by atoms with Gasteiger partial charge < -0.3 is 5.11 Å². The number of aryl methyl sites for hydroxylation is 1. The third kappa shape index (κ3) is 3.81. The van der Waals surface area contributed by atoms with Crippen molar-refractivity contribution in [2.45, 2.75) is 19.3 Å². The molecule has 104 valence electrons. The molecule has 0 aromatic heterocycles. The van der Waals surface area contributed by atoms with Gasteiger partial charge in [0.05, 0.1) is 5.02 Å². The van der Waals surface area contributed by atoms with Crippen LogP contribution in [0.2, 0.25) is 5.02 Å². The molecule has 0 radical (unpaired) electrons. The first-order valence-corrected chi connectivity index (χ1v) is 6.70. The zero-order valence-electron chi connectivity index (χ0n) is 10.8. The Bertz CT molecular complexity index is 608. The van der Waals surface area contributed by atoms with Gasteiger partial charge in [-0.05, 0) is 42.2 Å². The molecule has 2 nitrogen and oxygen atoms in total. The van der Waals surface area contributed by atoms with Gasteiger partial charge in [0.2, 0.25) is 0 Å². The van der Waals surface area contributed by atoms with E-state index in [2.05, 4.69) is 0 Å². The van der Waals surface area contributed by atoms with Gasteiger partial charge in [-0.3, -0.25) is 4.79 Å². The third-order valence-corrected chi connectivity index (χ3v) is 3.36. The second-order valence-electron chi connectivity index (χ2n) is 4.57. The summed E-state index contributed by atoms with van der Waals surface area (Å²) in [4.78, 5) is 10.4. The maximum Gasteiger partial charge on any atom is 0.303 e.